The van der Waals surface area contributed by atoms with Crippen LogP contribution in [0, 0.1) is 6.92 Å². The number of carbonyl (C=O) groups excluding carboxylic acids is 1. The van der Waals surface area contributed by atoms with Crippen LogP contribution in [0.15, 0.2) is 59.4 Å². The lowest BCUT2D eigenvalue weighted by Crippen LogP contribution is -2.27. The highest BCUT2D eigenvalue weighted by Gasteiger charge is 2.34. The van der Waals surface area contributed by atoms with Gasteiger partial charge in [0.2, 0.25) is 5.43 Å². The number of para-hydroxylation sites is 1. The molecule has 1 aromatic heterocycles. The first-order chi connectivity index (χ1) is 13.2. The molecule has 1 N–H and O–H groups in total. The van der Waals surface area contributed by atoms with Crippen LogP contribution in [0.4, 0.5) is 18.9 Å². The second-order valence-corrected chi connectivity index (χ2v) is 6.32. The maximum Gasteiger partial charge on any atom is 0.418 e. The maximum atomic E-state index is 13.3. The van der Waals surface area contributed by atoms with Crippen molar-refractivity contribution in [1.29, 1.82) is 0 Å². The predicted octanol–water partition coefficient (Wildman–Crippen LogP) is 4.47. The molecule has 3 aromatic rings. The topological polar surface area (TPSA) is 64.0 Å². The number of alkyl halides is 3. The van der Waals surface area contributed by atoms with Crippen molar-refractivity contribution in [3.05, 3.63) is 86.8 Å². The average Bonchev–Trinajstić information content (AvgIpc) is 2.63. The average molecular weight is 408 g/mol. The van der Waals surface area contributed by atoms with Gasteiger partial charge in [0.1, 0.15) is 0 Å². The van der Waals surface area contributed by atoms with Gasteiger partial charge < -0.3 is 5.32 Å². The summed E-state index contributed by atoms with van der Waals surface area (Å²) < 4.78 is 40.9. The molecule has 0 atom stereocenters. The molecular weight excluding hydrogens is 395 g/mol. The first-order valence-corrected chi connectivity index (χ1v) is 8.39. The maximum absolute atomic E-state index is 13.3. The molecule has 0 radical (unpaired) electrons. The van der Waals surface area contributed by atoms with E-state index in [2.05, 4.69) is 10.4 Å². The Hall–Kier alpha value is -3.13. The smallest absolute Gasteiger partial charge is 0.320 e. The molecule has 28 heavy (non-hydrogen) atoms. The summed E-state index contributed by atoms with van der Waals surface area (Å²) in [5, 5.41) is 6.83. The second-order valence-electron chi connectivity index (χ2n) is 5.89. The van der Waals surface area contributed by atoms with Crippen LogP contribution >= 0.6 is 11.6 Å². The Morgan fingerprint density at radius 1 is 1.11 bits per heavy atom. The van der Waals surface area contributed by atoms with Gasteiger partial charge in [-0.3, -0.25) is 9.59 Å². The number of hydrogen-bond donors (Lipinski definition) is 1. The van der Waals surface area contributed by atoms with E-state index in [0.717, 1.165) is 16.8 Å². The van der Waals surface area contributed by atoms with Gasteiger partial charge in [-0.25, -0.2) is 4.68 Å². The molecule has 0 unspecified atom stereocenters. The number of rotatable bonds is 3. The number of hydrogen-bond acceptors (Lipinski definition) is 3. The van der Waals surface area contributed by atoms with Crippen molar-refractivity contribution < 1.29 is 18.0 Å². The molecule has 0 aliphatic rings. The SMILES string of the molecule is Cc1cc(=O)c(C(=O)Nc2ccc(Cl)cc2)nn1-c1ccccc1C(F)(F)F. The zero-order valence-electron chi connectivity index (χ0n) is 14.4. The quantitative estimate of drug-likeness (QED) is 0.697. The standard InChI is InChI=1S/C19H13ClF3N3O2/c1-11-10-16(27)17(18(28)24-13-8-6-12(20)7-9-13)25-26(11)15-5-3-2-4-14(15)19(21,22)23/h2-10H,1H3,(H,24,28). The molecule has 0 aliphatic carbocycles. The number of amides is 1. The van der Waals surface area contributed by atoms with Gasteiger partial charge >= 0.3 is 6.18 Å². The van der Waals surface area contributed by atoms with E-state index in [0.29, 0.717) is 10.7 Å². The minimum Gasteiger partial charge on any atom is -0.320 e. The highest BCUT2D eigenvalue weighted by molar-refractivity contribution is 6.30. The number of nitrogens with one attached hydrogen (secondary N) is 1. The normalized spacial score (nSPS) is 11.3. The van der Waals surface area contributed by atoms with Crippen LogP contribution in [0.2, 0.25) is 5.02 Å². The summed E-state index contributed by atoms with van der Waals surface area (Å²) in [4.78, 5) is 24.7. The Morgan fingerprint density at radius 2 is 1.75 bits per heavy atom. The summed E-state index contributed by atoms with van der Waals surface area (Å²) >= 11 is 5.78. The van der Waals surface area contributed by atoms with Crippen LogP contribution in [0.25, 0.3) is 5.69 Å². The molecule has 0 spiro atoms. The van der Waals surface area contributed by atoms with Crippen LogP contribution in [0.3, 0.4) is 0 Å². The fourth-order valence-electron chi connectivity index (χ4n) is 2.57. The summed E-state index contributed by atoms with van der Waals surface area (Å²) in [6.07, 6.45) is -4.63. The van der Waals surface area contributed by atoms with Crippen molar-refractivity contribution in [3.63, 3.8) is 0 Å². The molecule has 1 heterocycles. The lowest BCUT2D eigenvalue weighted by atomic mass is 10.1. The highest BCUT2D eigenvalue weighted by atomic mass is 35.5. The fraction of sp³-hybridized carbons (Fsp3) is 0.105. The van der Waals surface area contributed by atoms with Gasteiger partial charge in [0.15, 0.2) is 5.69 Å². The molecule has 0 saturated heterocycles. The zero-order valence-corrected chi connectivity index (χ0v) is 15.2. The lowest BCUT2D eigenvalue weighted by Gasteiger charge is -2.16. The molecule has 5 nitrogen and oxygen atoms in total. The predicted molar refractivity (Wildman–Crippen MR) is 99.0 cm³/mol. The third-order valence-corrected chi connectivity index (χ3v) is 4.11. The Kier molecular flexibility index (Phi) is 5.24. The molecule has 9 heteroatoms. The van der Waals surface area contributed by atoms with Crippen LogP contribution in [0.1, 0.15) is 21.7 Å². The van der Waals surface area contributed by atoms with E-state index >= 15 is 0 Å². The summed E-state index contributed by atoms with van der Waals surface area (Å²) in [7, 11) is 0. The van der Waals surface area contributed by atoms with Crippen molar-refractivity contribution in [2.24, 2.45) is 0 Å². The van der Waals surface area contributed by atoms with Crippen molar-refractivity contribution in [2.75, 3.05) is 5.32 Å². The van der Waals surface area contributed by atoms with Gasteiger partial charge in [-0.2, -0.15) is 18.3 Å². The number of anilines is 1. The van der Waals surface area contributed by atoms with Crippen molar-refractivity contribution in [1.82, 2.24) is 9.78 Å². The van der Waals surface area contributed by atoms with E-state index in [1.807, 2.05) is 0 Å². The Bertz CT molecular complexity index is 1090. The van der Waals surface area contributed by atoms with E-state index in [-0.39, 0.29) is 11.4 Å². The summed E-state index contributed by atoms with van der Waals surface area (Å²) in [5.41, 5.74) is -1.93. The van der Waals surface area contributed by atoms with Gasteiger partial charge in [-0.05, 0) is 43.3 Å². The van der Waals surface area contributed by atoms with Crippen LogP contribution in [-0.2, 0) is 6.18 Å². The molecule has 0 bridgehead atoms. The van der Waals surface area contributed by atoms with Gasteiger partial charge in [0.05, 0.1) is 11.3 Å². The molecule has 3 rings (SSSR count). The van der Waals surface area contributed by atoms with Crippen molar-refractivity contribution in [2.45, 2.75) is 13.1 Å². The Balaban J connectivity index is 2.06. The van der Waals surface area contributed by atoms with E-state index < -0.39 is 28.8 Å². The molecular formula is C19H13ClF3N3O2. The number of aromatic nitrogens is 2. The van der Waals surface area contributed by atoms with E-state index in [1.165, 1.54) is 49.4 Å². The van der Waals surface area contributed by atoms with Crippen molar-refractivity contribution >= 4 is 23.2 Å². The van der Waals surface area contributed by atoms with Gasteiger partial charge in [0, 0.05) is 22.5 Å². The number of halogens is 4. The first kappa shape index (κ1) is 19.6. The fourth-order valence-corrected chi connectivity index (χ4v) is 2.70. The van der Waals surface area contributed by atoms with E-state index in [9.17, 15) is 22.8 Å². The molecule has 144 valence electrons. The molecule has 0 fully saturated rings. The number of carbonyl (C=O) groups is 1. The lowest BCUT2D eigenvalue weighted by molar-refractivity contribution is -0.137. The summed E-state index contributed by atoms with van der Waals surface area (Å²) in [5.74, 6) is -0.842. The Labute approximate surface area is 162 Å². The van der Waals surface area contributed by atoms with E-state index in [1.54, 1.807) is 0 Å². The largest absolute Gasteiger partial charge is 0.418 e. The zero-order chi connectivity index (χ0) is 20.5. The molecule has 0 saturated carbocycles. The number of aryl methyl sites for hydroxylation is 1. The monoisotopic (exact) mass is 407 g/mol. The Morgan fingerprint density at radius 3 is 2.39 bits per heavy atom. The van der Waals surface area contributed by atoms with Crippen LogP contribution < -0.4 is 10.7 Å². The van der Waals surface area contributed by atoms with Gasteiger partial charge in [-0.15, -0.1) is 0 Å². The number of benzene rings is 2. The minimum absolute atomic E-state index is 0.157. The second kappa shape index (κ2) is 7.47. The third-order valence-electron chi connectivity index (χ3n) is 3.86. The van der Waals surface area contributed by atoms with Gasteiger partial charge in [0.25, 0.3) is 5.91 Å². The van der Waals surface area contributed by atoms with Crippen LogP contribution in [0.5, 0.6) is 0 Å². The molecule has 1 amide bonds. The van der Waals surface area contributed by atoms with E-state index in [4.69, 9.17) is 11.6 Å². The third kappa shape index (κ3) is 4.07. The molecule has 0 aliphatic heterocycles. The molecule has 2 aromatic carbocycles. The highest BCUT2D eigenvalue weighted by Crippen LogP contribution is 2.33. The van der Waals surface area contributed by atoms with Gasteiger partial charge in [-0.1, -0.05) is 23.7 Å². The summed E-state index contributed by atoms with van der Waals surface area (Å²) in [6.45, 7) is 1.43. The van der Waals surface area contributed by atoms with Crippen molar-refractivity contribution in [3.8, 4) is 5.69 Å². The summed E-state index contributed by atoms with van der Waals surface area (Å²) in [6, 6.07) is 12.0. The first-order valence-electron chi connectivity index (χ1n) is 8.01. The number of nitrogens with zero attached hydrogens (tertiary/aromatic N) is 2. The van der Waals surface area contributed by atoms with Crippen LogP contribution in [-0.4, -0.2) is 15.7 Å². The minimum atomic E-state index is -4.63.